The molecule has 6 heteroatoms. The first-order chi connectivity index (χ1) is 10.0. The molecule has 2 aromatic rings. The number of amides is 1. The van der Waals surface area contributed by atoms with E-state index in [0.717, 1.165) is 30.6 Å². The molecule has 0 saturated carbocycles. The zero-order chi connectivity index (χ0) is 15.0. The zero-order valence-electron chi connectivity index (χ0n) is 11.5. The van der Waals surface area contributed by atoms with Crippen molar-refractivity contribution in [3.63, 3.8) is 0 Å². The molecule has 110 valence electrons. The first-order valence-corrected chi connectivity index (χ1v) is 7.16. The molecule has 0 fully saturated rings. The highest BCUT2D eigenvalue weighted by Gasteiger charge is 2.27. The van der Waals surface area contributed by atoms with E-state index in [9.17, 15) is 9.18 Å². The molecule has 1 atom stereocenters. The fourth-order valence-corrected chi connectivity index (χ4v) is 2.70. The summed E-state index contributed by atoms with van der Waals surface area (Å²) in [7, 11) is 0. The second-order valence-electron chi connectivity index (χ2n) is 5.36. The van der Waals surface area contributed by atoms with Crippen molar-refractivity contribution >= 4 is 23.2 Å². The number of hydrogen-bond acceptors (Lipinski definition) is 3. The first kappa shape index (κ1) is 14.1. The lowest BCUT2D eigenvalue weighted by Crippen LogP contribution is -2.17. The Hall–Kier alpha value is -1.88. The van der Waals surface area contributed by atoms with Crippen LogP contribution in [0.15, 0.2) is 22.7 Å². The number of rotatable bonds is 2. The Morgan fingerprint density at radius 3 is 3.10 bits per heavy atom. The van der Waals surface area contributed by atoms with Crippen LogP contribution < -0.4 is 5.32 Å². The zero-order valence-corrected chi connectivity index (χ0v) is 12.2. The third-order valence-electron chi connectivity index (χ3n) is 3.68. The van der Waals surface area contributed by atoms with Gasteiger partial charge in [-0.1, -0.05) is 23.7 Å². The van der Waals surface area contributed by atoms with Crippen molar-refractivity contribution in [1.29, 1.82) is 0 Å². The number of halogens is 2. The Balaban J connectivity index is 1.83. The molecule has 0 spiro atoms. The molecule has 0 bridgehead atoms. The number of benzene rings is 1. The topological polar surface area (TPSA) is 55.1 Å². The Morgan fingerprint density at radius 2 is 2.33 bits per heavy atom. The van der Waals surface area contributed by atoms with Crippen molar-refractivity contribution in [2.75, 3.05) is 5.32 Å². The monoisotopic (exact) mass is 308 g/mol. The Bertz CT molecular complexity index is 699. The molecular weight excluding hydrogens is 295 g/mol. The lowest BCUT2D eigenvalue weighted by molar-refractivity contribution is 0.101. The van der Waals surface area contributed by atoms with E-state index in [1.807, 2.05) is 0 Å². The molecule has 0 saturated heterocycles. The van der Waals surface area contributed by atoms with Crippen molar-refractivity contribution in [1.82, 2.24) is 5.16 Å². The molecule has 21 heavy (non-hydrogen) atoms. The molecule has 1 aromatic carbocycles. The standard InChI is InChI=1S/C15H14ClFN2O2/c1-8-2-5-13-10(6-8)14(19-21-13)15(20)18-9-3-4-12(17)11(16)7-9/h3-4,7-8H,2,5-6H2,1H3,(H,18,20)/t8-/m0/s1. The van der Waals surface area contributed by atoms with Gasteiger partial charge in [0.25, 0.3) is 5.91 Å². The number of nitrogens with zero attached hydrogens (tertiary/aromatic N) is 1. The number of hydrogen-bond donors (Lipinski definition) is 1. The van der Waals surface area contributed by atoms with Gasteiger partial charge in [-0.3, -0.25) is 4.79 Å². The summed E-state index contributed by atoms with van der Waals surface area (Å²) in [6, 6.07) is 4.02. The van der Waals surface area contributed by atoms with Gasteiger partial charge in [0.2, 0.25) is 0 Å². The summed E-state index contributed by atoms with van der Waals surface area (Å²) >= 11 is 5.70. The van der Waals surface area contributed by atoms with E-state index in [4.69, 9.17) is 16.1 Å². The lowest BCUT2D eigenvalue weighted by Gasteiger charge is -2.16. The summed E-state index contributed by atoms with van der Waals surface area (Å²) in [6.45, 7) is 2.14. The quantitative estimate of drug-likeness (QED) is 0.917. The van der Waals surface area contributed by atoms with Gasteiger partial charge in [-0.05, 0) is 37.0 Å². The van der Waals surface area contributed by atoms with Crippen LogP contribution >= 0.6 is 11.6 Å². The summed E-state index contributed by atoms with van der Waals surface area (Å²) < 4.78 is 18.3. The van der Waals surface area contributed by atoms with E-state index in [1.54, 1.807) is 0 Å². The first-order valence-electron chi connectivity index (χ1n) is 6.78. The maximum absolute atomic E-state index is 13.1. The molecule has 1 amide bonds. The fourth-order valence-electron chi connectivity index (χ4n) is 2.52. The molecule has 1 aliphatic rings. The SMILES string of the molecule is C[C@H]1CCc2onc(C(=O)Nc3ccc(F)c(Cl)c3)c2C1. The Kier molecular flexibility index (Phi) is 3.68. The molecule has 4 nitrogen and oxygen atoms in total. The highest BCUT2D eigenvalue weighted by atomic mass is 35.5. The van der Waals surface area contributed by atoms with E-state index >= 15 is 0 Å². The molecule has 1 aromatic heterocycles. The molecule has 0 aliphatic heterocycles. The average Bonchev–Trinajstić information content (AvgIpc) is 2.86. The number of anilines is 1. The number of carbonyl (C=O) groups excluding carboxylic acids is 1. The van der Waals surface area contributed by atoms with Gasteiger partial charge in [-0.2, -0.15) is 0 Å². The van der Waals surface area contributed by atoms with E-state index in [2.05, 4.69) is 17.4 Å². The summed E-state index contributed by atoms with van der Waals surface area (Å²) in [4.78, 5) is 12.3. The van der Waals surface area contributed by atoms with Gasteiger partial charge in [0.05, 0.1) is 5.02 Å². The van der Waals surface area contributed by atoms with Crippen LogP contribution in [0.2, 0.25) is 5.02 Å². The van der Waals surface area contributed by atoms with Crippen LogP contribution in [0.25, 0.3) is 0 Å². The van der Waals surface area contributed by atoms with Gasteiger partial charge in [0.1, 0.15) is 11.6 Å². The number of aryl methyl sites for hydroxylation is 1. The van der Waals surface area contributed by atoms with Crippen LogP contribution in [0.5, 0.6) is 0 Å². The number of carbonyl (C=O) groups is 1. The molecule has 0 unspecified atom stereocenters. The van der Waals surface area contributed by atoms with Crippen molar-refractivity contribution in [2.45, 2.75) is 26.2 Å². The van der Waals surface area contributed by atoms with Crippen LogP contribution in [0.3, 0.4) is 0 Å². The second kappa shape index (κ2) is 5.48. The summed E-state index contributed by atoms with van der Waals surface area (Å²) in [6.07, 6.45) is 2.63. The van der Waals surface area contributed by atoms with Gasteiger partial charge in [0, 0.05) is 17.7 Å². The van der Waals surface area contributed by atoms with Crippen molar-refractivity contribution in [3.05, 3.63) is 46.1 Å². The van der Waals surface area contributed by atoms with Gasteiger partial charge in [-0.15, -0.1) is 0 Å². The molecule has 1 heterocycles. The molecular formula is C15H14ClFN2O2. The smallest absolute Gasteiger partial charge is 0.278 e. The second-order valence-corrected chi connectivity index (χ2v) is 5.77. The minimum absolute atomic E-state index is 0.0383. The van der Waals surface area contributed by atoms with E-state index in [1.165, 1.54) is 18.2 Å². The van der Waals surface area contributed by atoms with Gasteiger partial charge in [0.15, 0.2) is 5.69 Å². The third-order valence-corrected chi connectivity index (χ3v) is 3.97. The summed E-state index contributed by atoms with van der Waals surface area (Å²) in [5, 5.41) is 6.50. The summed E-state index contributed by atoms with van der Waals surface area (Å²) in [5.74, 6) is 0.401. The predicted octanol–water partition coefficient (Wildman–Crippen LogP) is 3.84. The predicted molar refractivity (Wildman–Crippen MR) is 77.1 cm³/mol. The highest BCUT2D eigenvalue weighted by molar-refractivity contribution is 6.31. The van der Waals surface area contributed by atoms with Gasteiger partial charge in [-0.25, -0.2) is 4.39 Å². The molecule has 1 N–H and O–H groups in total. The van der Waals surface area contributed by atoms with E-state index in [-0.39, 0.29) is 10.9 Å². The fraction of sp³-hybridized carbons (Fsp3) is 0.333. The maximum atomic E-state index is 13.1. The van der Waals surface area contributed by atoms with Crippen LogP contribution in [0.4, 0.5) is 10.1 Å². The van der Waals surface area contributed by atoms with Crippen LogP contribution in [-0.4, -0.2) is 11.1 Å². The summed E-state index contributed by atoms with van der Waals surface area (Å²) in [5.41, 5.74) is 1.60. The lowest BCUT2D eigenvalue weighted by atomic mass is 9.88. The number of fused-ring (bicyclic) bond motifs is 1. The minimum Gasteiger partial charge on any atom is -0.360 e. The van der Waals surface area contributed by atoms with Crippen LogP contribution in [-0.2, 0) is 12.8 Å². The largest absolute Gasteiger partial charge is 0.360 e. The normalized spacial score (nSPS) is 17.4. The van der Waals surface area contributed by atoms with Crippen molar-refractivity contribution in [2.24, 2.45) is 5.92 Å². The average molecular weight is 309 g/mol. The number of nitrogens with one attached hydrogen (secondary N) is 1. The Morgan fingerprint density at radius 1 is 1.52 bits per heavy atom. The minimum atomic E-state index is -0.526. The van der Waals surface area contributed by atoms with Crippen LogP contribution in [0, 0.1) is 11.7 Å². The third kappa shape index (κ3) is 2.78. The maximum Gasteiger partial charge on any atom is 0.278 e. The molecule has 0 radical (unpaired) electrons. The molecule has 3 rings (SSSR count). The van der Waals surface area contributed by atoms with Crippen molar-refractivity contribution < 1.29 is 13.7 Å². The highest BCUT2D eigenvalue weighted by Crippen LogP contribution is 2.28. The molecule has 1 aliphatic carbocycles. The van der Waals surface area contributed by atoms with Gasteiger partial charge >= 0.3 is 0 Å². The van der Waals surface area contributed by atoms with Crippen molar-refractivity contribution in [3.8, 4) is 0 Å². The number of aromatic nitrogens is 1. The Labute approximate surface area is 126 Å². The van der Waals surface area contributed by atoms with E-state index in [0.29, 0.717) is 17.3 Å². The van der Waals surface area contributed by atoms with Gasteiger partial charge < -0.3 is 9.84 Å². The van der Waals surface area contributed by atoms with Crippen LogP contribution in [0.1, 0.15) is 35.2 Å². The van der Waals surface area contributed by atoms with E-state index < -0.39 is 5.82 Å².